The van der Waals surface area contributed by atoms with Gasteiger partial charge in [-0.15, -0.1) is 0 Å². The zero-order valence-electron chi connectivity index (χ0n) is 36.1. The molecule has 1 aliphatic heterocycles. The van der Waals surface area contributed by atoms with Gasteiger partial charge in [0, 0.05) is 50.1 Å². The summed E-state index contributed by atoms with van der Waals surface area (Å²) in [7, 11) is 0. The van der Waals surface area contributed by atoms with E-state index in [1.54, 1.807) is 0 Å². The molecule has 14 rings (SSSR count). The lowest BCUT2D eigenvalue weighted by molar-refractivity contribution is 0.435. The van der Waals surface area contributed by atoms with Crippen LogP contribution in [0.2, 0.25) is 0 Å². The van der Waals surface area contributed by atoms with E-state index in [9.17, 15) is 0 Å². The molecule has 0 saturated carbocycles. The van der Waals surface area contributed by atoms with Crippen LogP contribution in [0.1, 0.15) is 47.2 Å². The predicted molar refractivity (Wildman–Crippen MR) is 268 cm³/mol. The van der Waals surface area contributed by atoms with Gasteiger partial charge >= 0.3 is 0 Å². The Kier molecular flexibility index (Phi) is 7.38. The average Bonchev–Trinajstić information content (AvgIpc) is 3.80. The Morgan fingerprint density at radius 3 is 1.86 bits per heavy atom. The Morgan fingerprint density at radius 2 is 1.00 bits per heavy atom. The minimum Gasteiger partial charge on any atom is -0.457 e. The molecular weight excluding hydrogens is 789 g/mol. The van der Waals surface area contributed by atoms with Crippen LogP contribution in [-0.4, -0.2) is 4.57 Å². The first-order chi connectivity index (χ1) is 32.0. The molecule has 0 bridgehead atoms. The lowest BCUT2D eigenvalue weighted by Gasteiger charge is -2.45. The summed E-state index contributed by atoms with van der Waals surface area (Å²) in [6, 6.07) is 80.7. The zero-order valence-corrected chi connectivity index (χ0v) is 36.1. The second kappa shape index (κ2) is 13.2. The Hall–Kier alpha value is -8.14. The van der Waals surface area contributed by atoms with Gasteiger partial charge in [-0.3, -0.25) is 0 Å². The SMILES string of the molecule is CC1(C)c2ccccc2-c2ccc(-n3c4ccccc4c4ccc(N(c5ccccc5)c5ccc6c(c5)C5(c7ccccc7O6)c6ccccc6-c6cccc7cccc5c67)cc43)cc21. The number of nitrogens with zero attached hydrogens (tertiary/aromatic N) is 2. The lowest BCUT2D eigenvalue weighted by Crippen LogP contribution is -2.36. The van der Waals surface area contributed by atoms with Gasteiger partial charge in [0.05, 0.1) is 16.4 Å². The molecule has 65 heavy (non-hydrogen) atoms. The number of rotatable bonds is 4. The topological polar surface area (TPSA) is 17.4 Å². The van der Waals surface area contributed by atoms with E-state index in [-0.39, 0.29) is 5.41 Å². The van der Waals surface area contributed by atoms with Crippen LogP contribution in [0.15, 0.2) is 218 Å². The van der Waals surface area contributed by atoms with Gasteiger partial charge in [0.25, 0.3) is 0 Å². The molecule has 0 radical (unpaired) electrons. The van der Waals surface area contributed by atoms with Crippen molar-refractivity contribution in [3.63, 3.8) is 0 Å². The van der Waals surface area contributed by atoms with Gasteiger partial charge < -0.3 is 14.2 Å². The normalized spacial score (nSPS) is 15.8. The molecule has 3 aliphatic rings. The number of hydrogen-bond acceptors (Lipinski definition) is 2. The predicted octanol–water partition coefficient (Wildman–Crippen LogP) is 16.2. The molecule has 2 heterocycles. The molecule has 1 atom stereocenters. The second-order valence-corrected chi connectivity index (χ2v) is 18.4. The van der Waals surface area contributed by atoms with Crippen molar-refractivity contribution in [3.8, 4) is 39.4 Å². The highest BCUT2D eigenvalue weighted by molar-refractivity contribution is 6.11. The molecule has 3 heteroatoms. The molecule has 11 aromatic rings. The van der Waals surface area contributed by atoms with E-state index in [0.29, 0.717) is 0 Å². The van der Waals surface area contributed by atoms with Crippen LogP contribution in [0.4, 0.5) is 17.1 Å². The molecule has 10 aromatic carbocycles. The van der Waals surface area contributed by atoms with Gasteiger partial charge in [0.2, 0.25) is 0 Å². The summed E-state index contributed by atoms with van der Waals surface area (Å²) in [6.07, 6.45) is 0. The first-order valence-corrected chi connectivity index (χ1v) is 22.7. The minimum atomic E-state index is -0.648. The summed E-state index contributed by atoms with van der Waals surface area (Å²) in [6.45, 7) is 4.72. The highest BCUT2D eigenvalue weighted by Crippen LogP contribution is 2.62. The molecule has 1 aromatic heterocycles. The Balaban J connectivity index is 1.02. The molecule has 0 saturated heterocycles. The lowest BCUT2D eigenvalue weighted by atomic mass is 9.58. The number of benzene rings is 10. The van der Waals surface area contributed by atoms with Crippen molar-refractivity contribution >= 4 is 49.6 Å². The van der Waals surface area contributed by atoms with Gasteiger partial charge in [-0.2, -0.15) is 0 Å². The zero-order chi connectivity index (χ0) is 43.0. The average molecular weight is 831 g/mol. The highest BCUT2D eigenvalue weighted by atomic mass is 16.5. The van der Waals surface area contributed by atoms with Crippen molar-refractivity contribution in [2.75, 3.05) is 4.90 Å². The highest BCUT2D eigenvalue weighted by Gasteiger charge is 2.49. The van der Waals surface area contributed by atoms with Crippen molar-refractivity contribution in [1.29, 1.82) is 0 Å². The molecule has 0 N–H and O–H groups in total. The van der Waals surface area contributed by atoms with Gasteiger partial charge in [0.1, 0.15) is 11.5 Å². The smallest absolute Gasteiger partial charge is 0.132 e. The van der Waals surface area contributed by atoms with Gasteiger partial charge in [-0.05, 0) is 122 Å². The van der Waals surface area contributed by atoms with Crippen LogP contribution in [0.3, 0.4) is 0 Å². The maximum Gasteiger partial charge on any atom is 0.132 e. The van der Waals surface area contributed by atoms with Gasteiger partial charge in [-0.25, -0.2) is 0 Å². The summed E-state index contributed by atoms with van der Waals surface area (Å²) in [5.41, 5.74) is 18.7. The number of hydrogen-bond donors (Lipinski definition) is 0. The molecular formula is C62H42N2O. The first kappa shape index (κ1) is 36.4. The Labute approximate surface area is 378 Å². The van der Waals surface area contributed by atoms with E-state index in [0.717, 1.165) is 50.9 Å². The van der Waals surface area contributed by atoms with Crippen molar-refractivity contribution in [1.82, 2.24) is 4.57 Å². The number of fused-ring (bicyclic) bond motifs is 14. The standard InChI is InChI=1S/C62H42N2O/c1-61(2)50-24-9-6-20-44(50)46-33-30-42(36-54(46)61)64-56-28-12-8-22-47(56)48-34-31-43(38-57(48)64)63(40-18-4-3-5-19-40)41-32-35-59-55(37-41)62(52-26-11-13-29-58(52)65-59)51-25-10-7-21-45(51)49-23-14-16-39-17-15-27-53(62)60(39)49/h3-38H,1-2H3. The van der Waals surface area contributed by atoms with E-state index in [1.165, 1.54) is 71.6 Å². The van der Waals surface area contributed by atoms with E-state index in [4.69, 9.17) is 4.74 Å². The Bertz CT molecular complexity index is 3800. The van der Waals surface area contributed by atoms with Crippen LogP contribution in [-0.2, 0) is 10.8 Å². The van der Waals surface area contributed by atoms with Gasteiger partial charge in [0.15, 0.2) is 0 Å². The first-order valence-electron chi connectivity index (χ1n) is 22.7. The van der Waals surface area contributed by atoms with Crippen molar-refractivity contribution < 1.29 is 4.74 Å². The molecule has 3 nitrogen and oxygen atoms in total. The van der Waals surface area contributed by atoms with Crippen LogP contribution < -0.4 is 9.64 Å². The second-order valence-electron chi connectivity index (χ2n) is 18.4. The summed E-state index contributed by atoms with van der Waals surface area (Å²) in [5.74, 6) is 1.75. The number of para-hydroxylation sites is 3. The van der Waals surface area contributed by atoms with E-state index in [2.05, 4.69) is 242 Å². The molecule has 306 valence electrons. The van der Waals surface area contributed by atoms with E-state index < -0.39 is 5.41 Å². The molecule has 1 unspecified atom stereocenters. The molecule has 1 spiro atoms. The molecule has 2 aliphatic carbocycles. The molecule has 0 fully saturated rings. The number of ether oxygens (including phenoxy) is 1. The minimum absolute atomic E-state index is 0.115. The maximum absolute atomic E-state index is 6.95. The summed E-state index contributed by atoms with van der Waals surface area (Å²) in [4.78, 5) is 2.42. The third kappa shape index (κ3) is 4.85. The fourth-order valence-corrected chi connectivity index (χ4v) is 12.0. The summed E-state index contributed by atoms with van der Waals surface area (Å²) >= 11 is 0. The van der Waals surface area contributed by atoms with Crippen LogP contribution >= 0.6 is 0 Å². The number of aromatic nitrogens is 1. The Morgan fingerprint density at radius 1 is 0.385 bits per heavy atom. The van der Waals surface area contributed by atoms with Crippen LogP contribution in [0, 0.1) is 0 Å². The van der Waals surface area contributed by atoms with E-state index in [1.807, 2.05) is 0 Å². The van der Waals surface area contributed by atoms with Crippen LogP contribution in [0.5, 0.6) is 11.5 Å². The monoisotopic (exact) mass is 830 g/mol. The molecule has 0 amide bonds. The van der Waals surface area contributed by atoms with E-state index >= 15 is 0 Å². The summed E-state index contributed by atoms with van der Waals surface area (Å²) in [5, 5.41) is 4.99. The van der Waals surface area contributed by atoms with Gasteiger partial charge in [-0.1, -0.05) is 166 Å². The third-order valence-corrected chi connectivity index (χ3v) is 14.8. The van der Waals surface area contributed by atoms with Crippen LogP contribution in [0.25, 0.3) is 60.5 Å². The maximum atomic E-state index is 6.95. The largest absolute Gasteiger partial charge is 0.457 e. The third-order valence-electron chi connectivity index (χ3n) is 14.8. The van der Waals surface area contributed by atoms with Crippen molar-refractivity contribution in [2.24, 2.45) is 0 Å². The fourth-order valence-electron chi connectivity index (χ4n) is 12.0. The quantitative estimate of drug-likeness (QED) is 0.176. The summed E-state index contributed by atoms with van der Waals surface area (Å²) < 4.78 is 9.42. The van der Waals surface area contributed by atoms with Crippen molar-refractivity contribution in [2.45, 2.75) is 24.7 Å². The number of anilines is 3. The fraction of sp³-hybridized carbons (Fsp3) is 0.0645. The van der Waals surface area contributed by atoms with Crippen molar-refractivity contribution in [3.05, 3.63) is 252 Å².